The predicted octanol–water partition coefficient (Wildman–Crippen LogP) is -2.76. The van der Waals surface area contributed by atoms with Crippen LogP contribution in [0.3, 0.4) is 0 Å². The number of nitrogens with one attached hydrogen (secondary N) is 1. The van der Waals surface area contributed by atoms with Gasteiger partial charge in [0.2, 0.25) is 0 Å². The first kappa shape index (κ1) is 12.5. The van der Waals surface area contributed by atoms with Crippen molar-refractivity contribution in [2.24, 2.45) is 0 Å². The number of carboxylic acids is 1. The fourth-order valence-corrected chi connectivity index (χ4v) is 0.843. The second-order valence-corrected chi connectivity index (χ2v) is 2.55. The van der Waals surface area contributed by atoms with Crippen molar-refractivity contribution in [3.05, 3.63) is 30.3 Å². The Morgan fingerprint density at radius 3 is 2.38 bits per heavy atom. The molecule has 0 saturated carbocycles. The first-order valence-electron chi connectivity index (χ1n) is 3.72. The van der Waals surface area contributed by atoms with Crippen LogP contribution in [0.25, 0.3) is 0 Å². The summed E-state index contributed by atoms with van der Waals surface area (Å²) in [5.41, 5.74) is 0.786. The Kier molecular flexibility index (Phi) is 5.79. The average Bonchev–Trinajstić information content (AvgIpc) is 2.06. The van der Waals surface area contributed by atoms with Gasteiger partial charge in [-0.25, -0.2) is 0 Å². The van der Waals surface area contributed by atoms with E-state index in [9.17, 15) is 9.90 Å². The number of para-hydroxylation sites is 1. The molecule has 0 aliphatic rings. The van der Waals surface area contributed by atoms with Crippen LogP contribution < -0.4 is 40.0 Å². The van der Waals surface area contributed by atoms with Crippen LogP contribution in [0.4, 0.5) is 5.69 Å². The van der Waals surface area contributed by atoms with E-state index in [1.807, 2.05) is 18.2 Å². The molecule has 64 valence electrons. The molecule has 0 bridgehead atoms. The molecule has 0 fully saturated rings. The summed E-state index contributed by atoms with van der Waals surface area (Å²) < 4.78 is 0. The Labute approximate surface area is 99.4 Å². The zero-order valence-electron chi connectivity index (χ0n) is 7.78. The Hall–Kier alpha value is -0.510. The van der Waals surface area contributed by atoms with Gasteiger partial charge >= 0.3 is 29.6 Å². The van der Waals surface area contributed by atoms with E-state index >= 15 is 0 Å². The van der Waals surface area contributed by atoms with Crippen LogP contribution in [0.5, 0.6) is 0 Å². The van der Waals surface area contributed by atoms with Crippen molar-refractivity contribution in [2.75, 3.05) is 5.32 Å². The van der Waals surface area contributed by atoms with Crippen molar-refractivity contribution < 1.29 is 39.5 Å². The van der Waals surface area contributed by atoms with Gasteiger partial charge in [0, 0.05) is 5.69 Å². The molecular formula is C9H10NNaO2. The summed E-state index contributed by atoms with van der Waals surface area (Å²) in [6.07, 6.45) is 0. The number of anilines is 1. The third-order valence-electron chi connectivity index (χ3n) is 1.51. The van der Waals surface area contributed by atoms with Gasteiger partial charge < -0.3 is 15.2 Å². The van der Waals surface area contributed by atoms with Crippen molar-refractivity contribution in [2.45, 2.75) is 13.0 Å². The minimum atomic E-state index is -1.10. The minimum Gasteiger partial charge on any atom is -0.548 e. The third kappa shape index (κ3) is 4.31. The number of carbonyl (C=O) groups is 1. The van der Waals surface area contributed by atoms with Gasteiger partial charge in [0.15, 0.2) is 0 Å². The first-order valence-corrected chi connectivity index (χ1v) is 3.72. The van der Waals surface area contributed by atoms with Crippen molar-refractivity contribution >= 4 is 11.7 Å². The number of benzene rings is 1. The summed E-state index contributed by atoms with van der Waals surface area (Å²) >= 11 is 0. The van der Waals surface area contributed by atoms with Gasteiger partial charge in [-0.1, -0.05) is 18.2 Å². The Morgan fingerprint density at radius 2 is 1.92 bits per heavy atom. The van der Waals surface area contributed by atoms with Crippen molar-refractivity contribution in [3.63, 3.8) is 0 Å². The second-order valence-electron chi connectivity index (χ2n) is 2.55. The van der Waals surface area contributed by atoms with E-state index in [4.69, 9.17) is 0 Å². The molecule has 1 aromatic carbocycles. The van der Waals surface area contributed by atoms with Crippen LogP contribution in [-0.2, 0) is 4.79 Å². The molecular weight excluding hydrogens is 177 g/mol. The van der Waals surface area contributed by atoms with E-state index in [0.29, 0.717) is 0 Å². The predicted molar refractivity (Wildman–Crippen MR) is 44.5 cm³/mol. The maximum absolute atomic E-state index is 10.3. The Balaban J connectivity index is 0.00000144. The van der Waals surface area contributed by atoms with E-state index in [1.165, 1.54) is 0 Å². The van der Waals surface area contributed by atoms with Gasteiger partial charge in [0.05, 0.1) is 12.0 Å². The summed E-state index contributed by atoms with van der Waals surface area (Å²) in [6.45, 7) is 1.54. The summed E-state index contributed by atoms with van der Waals surface area (Å²) in [5.74, 6) is -1.10. The second kappa shape index (κ2) is 6.02. The molecule has 1 atom stereocenters. The molecule has 1 unspecified atom stereocenters. The van der Waals surface area contributed by atoms with Crippen molar-refractivity contribution in [1.82, 2.24) is 0 Å². The maximum atomic E-state index is 10.3. The molecule has 0 aliphatic heterocycles. The first-order chi connectivity index (χ1) is 5.70. The normalized spacial score (nSPS) is 11.2. The minimum absolute atomic E-state index is 0. The molecule has 1 aromatic rings. The van der Waals surface area contributed by atoms with E-state index in [1.54, 1.807) is 19.1 Å². The standard InChI is InChI=1S/C9H11NO2.Na/c1-7(9(11)12)10-8-5-3-2-4-6-8;/h2-7,10H,1H3,(H,11,12);/q;+1/p-1. The number of carbonyl (C=O) groups excluding carboxylic acids is 1. The summed E-state index contributed by atoms with van der Waals surface area (Å²) in [4.78, 5) is 10.3. The molecule has 0 heterocycles. The van der Waals surface area contributed by atoms with Gasteiger partial charge in [0.25, 0.3) is 0 Å². The smallest absolute Gasteiger partial charge is 0.548 e. The van der Waals surface area contributed by atoms with Crippen molar-refractivity contribution in [1.29, 1.82) is 0 Å². The molecule has 0 spiro atoms. The molecule has 0 saturated heterocycles. The van der Waals surface area contributed by atoms with Gasteiger partial charge in [-0.3, -0.25) is 0 Å². The molecule has 0 radical (unpaired) electrons. The molecule has 1 N–H and O–H groups in total. The van der Waals surface area contributed by atoms with Crippen LogP contribution in [0.1, 0.15) is 6.92 Å². The fraction of sp³-hybridized carbons (Fsp3) is 0.222. The summed E-state index contributed by atoms with van der Waals surface area (Å²) in [6, 6.07) is 8.50. The quantitative estimate of drug-likeness (QED) is 0.522. The van der Waals surface area contributed by atoms with Crippen LogP contribution in [0, 0.1) is 0 Å². The zero-order valence-corrected chi connectivity index (χ0v) is 9.78. The monoisotopic (exact) mass is 187 g/mol. The molecule has 13 heavy (non-hydrogen) atoms. The molecule has 1 rings (SSSR count). The van der Waals surface area contributed by atoms with E-state index in [-0.39, 0.29) is 29.6 Å². The Morgan fingerprint density at radius 1 is 1.38 bits per heavy atom. The van der Waals surface area contributed by atoms with Crippen LogP contribution in [-0.4, -0.2) is 12.0 Å². The topological polar surface area (TPSA) is 52.2 Å². The number of hydrogen-bond acceptors (Lipinski definition) is 3. The fourth-order valence-electron chi connectivity index (χ4n) is 0.843. The zero-order chi connectivity index (χ0) is 8.97. The third-order valence-corrected chi connectivity index (χ3v) is 1.51. The Bertz CT molecular complexity index is 264. The van der Waals surface area contributed by atoms with Gasteiger partial charge in [-0.15, -0.1) is 0 Å². The molecule has 0 aromatic heterocycles. The van der Waals surface area contributed by atoms with Gasteiger partial charge in [-0.2, -0.15) is 0 Å². The van der Waals surface area contributed by atoms with Crippen LogP contribution >= 0.6 is 0 Å². The summed E-state index contributed by atoms with van der Waals surface area (Å²) in [5, 5.41) is 13.1. The number of aliphatic carboxylic acids is 1. The number of rotatable bonds is 3. The maximum Gasteiger partial charge on any atom is 1.00 e. The largest absolute Gasteiger partial charge is 1.00 e. The van der Waals surface area contributed by atoms with E-state index in [0.717, 1.165) is 5.69 Å². The van der Waals surface area contributed by atoms with Crippen LogP contribution in [0.15, 0.2) is 30.3 Å². The van der Waals surface area contributed by atoms with Crippen LogP contribution in [0.2, 0.25) is 0 Å². The molecule has 4 heteroatoms. The van der Waals surface area contributed by atoms with E-state index in [2.05, 4.69) is 5.32 Å². The molecule has 3 nitrogen and oxygen atoms in total. The van der Waals surface area contributed by atoms with Gasteiger partial charge in [-0.05, 0) is 19.1 Å². The SMILES string of the molecule is CC(Nc1ccccc1)C(=O)[O-].[Na+]. The number of hydrogen-bond donors (Lipinski definition) is 1. The molecule has 0 aliphatic carbocycles. The number of carboxylic acid groups (broad SMARTS) is 1. The molecule has 0 amide bonds. The van der Waals surface area contributed by atoms with E-state index < -0.39 is 12.0 Å². The van der Waals surface area contributed by atoms with Crippen molar-refractivity contribution in [3.8, 4) is 0 Å². The van der Waals surface area contributed by atoms with Gasteiger partial charge in [0.1, 0.15) is 0 Å². The average molecular weight is 187 g/mol. The summed E-state index contributed by atoms with van der Waals surface area (Å²) in [7, 11) is 0.